The fraction of sp³-hybridized carbons (Fsp3) is 0.654. The van der Waals surface area contributed by atoms with Crippen molar-refractivity contribution in [2.45, 2.75) is 102 Å². The molecule has 2 saturated carbocycles. The average molecular weight is 506 g/mol. The fourth-order valence-electron chi connectivity index (χ4n) is 4.66. The summed E-state index contributed by atoms with van der Waals surface area (Å²) >= 11 is 4.32. The molecule has 3 amide bonds. The van der Waals surface area contributed by atoms with Crippen LogP contribution in [-0.4, -0.2) is 57.4 Å². The van der Waals surface area contributed by atoms with Crippen molar-refractivity contribution in [3.63, 3.8) is 0 Å². The van der Waals surface area contributed by atoms with Crippen LogP contribution in [0.4, 0.5) is 4.79 Å². The van der Waals surface area contributed by atoms with Gasteiger partial charge in [0.05, 0.1) is 0 Å². The van der Waals surface area contributed by atoms with Crippen molar-refractivity contribution in [2.24, 2.45) is 0 Å². The Kier molecular flexibility index (Phi) is 9.33. The monoisotopic (exact) mass is 505 g/mol. The Morgan fingerprint density at radius 3 is 2.29 bits per heavy atom. The number of para-hydroxylation sites is 1. The molecule has 2 unspecified atom stereocenters. The number of aromatic hydroxyl groups is 1. The molecule has 0 radical (unpaired) electrons. The molecule has 194 valence electrons. The summed E-state index contributed by atoms with van der Waals surface area (Å²) in [6, 6.07) is 4.50. The summed E-state index contributed by atoms with van der Waals surface area (Å²) in [6.45, 7) is 5.23. The van der Waals surface area contributed by atoms with Crippen LogP contribution in [0.2, 0.25) is 0 Å². The molecule has 0 spiro atoms. The van der Waals surface area contributed by atoms with Gasteiger partial charge >= 0.3 is 6.09 Å². The zero-order valence-corrected chi connectivity index (χ0v) is 21.9. The Morgan fingerprint density at radius 2 is 1.74 bits per heavy atom. The molecule has 2 fully saturated rings. The number of benzene rings is 1. The summed E-state index contributed by atoms with van der Waals surface area (Å²) in [5, 5.41) is 16.4. The second kappa shape index (κ2) is 12.0. The van der Waals surface area contributed by atoms with Gasteiger partial charge in [0, 0.05) is 23.4 Å². The van der Waals surface area contributed by atoms with Crippen LogP contribution < -0.4 is 10.6 Å². The number of carbonyl (C=O) groups excluding carboxylic acids is 3. The van der Waals surface area contributed by atoms with Crippen molar-refractivity contribution in [1.82, 2.24) is 15.5 Å². The lowest BCUT2D eigenvalue weighted by Crippen LogP contribution is -2.58. The van der Waals surface area contributed by atoms with E-state index in [9.17, 15) is 19.5 Å². The molecule has 2 atom stereocenters. The lowest BCUT2D eigenvalue weighted by molar-refractivity contribution is -0.147. The highest BCUT2D eigenvalue weighted by Crippen LogP contribution is 2.37. The lowest BCUT2D eigenvalue weighted by Gasteiger charge is -2.44. The molecular weight excluding hydrogens is 466 g/mol. The van der Waals surface area contributed by atoms with Gasteiger partial charge < -0.3 is 25.4 Å². The van der Waals surface area contributed by atoms with E-state index in [-0.39, 0.29) is 29.5 Å². The van der Waals surface area contributed by atoms with Gasteiger partial charge in [0.1, 0.15) is 23.4 Å². The SMILES string of the molecule is CC(C)(C)OC(=O)NC(CS)C(=O)N(C1CCC1)C(C(=O)NC1CCCCC1)c1ccccc1O. The normalized spacial score (nSPS) is 18.6. The number of hydrogen-bond donors (Lipinski definition) is 4. The van der Waals surface area contributed by atoms with Crippen LogP contribution in [0.1, 0.15) is 83.7 Å². The first kappa shape index (κ1) is 27.2. The quantitative estimate of drug-likeness (QED) is 0.398. The number of phenols is 1. The smallest absolute Gasteiger partial charge is 0.408 e. The topological polar surface area (TPSA) is 108 Å². The van der Waals surface area contributed by atoms with Gasteiger partial charge in [0.2, 0.25) is 11.8 Å². The number of hydrogen-bond acceptors (Lipinski definition) is 6. The number of phenolic OH excluding ortho intramolecular Hbond substituents is 1. The van der Waals surface area contributed by atoms with Crippen LogP contribution in [0.15, 0.2) is 24.3 Å². The Balaban J connectivity index is 1.92. The molecule has 0 bridgehead atoms. The number of amides is 3. The highest BCUT2D eigenvalue weighted by atomic mass is 32.1. The lowest BCUT2D eigenvalue weighted by atomic mass is 9.87. The molecule has 1 aromatic carbocycles. The highest BCUT2D eigenvalue weighted by molar-refractivity contribution is 7.80. The summed E-state index contributed by atoms with van der Waals surface area (Å²) in [5.74, 6) is -0.730. The first-order valence-corrected chi connectivity index (χ1v) is 13.2. The second-order valence-corrected chi connectivity index (χ2v) is 10.9. The second-order valence-electron chi connectivity index (χ2n) is 10.5. The Bertz CT molecular complexity index is 893. The van der Waals surface area contributed by atoms with Crippen LogP contribution in [0.25, 0.3) is 0 Å². The summed E-state index contributed by atoms with van der Waals surface area (Å²) in [5.41, 5.74) is -0.351. The maximum atomic E-state index is 13.9. The molecule has 2 aliphatic rings. The number of nitrogens with zero attached hydrogens (tertiary/aromatic N) is 1. The maximum absolute atomic E-state index is 13.9. The van der Waals surface area contributed by atoms with Gasteiger partial charge in [-0.15, -0.1) is 0 Å². The highest BCUT2D eigenvalue weighted by Gasteiger charge is 2.43. The van der Waals surface area contributed by atoms with Gasteiger partial charge in [-0.2, -0.15) is 12.6 Å². The van der Waals surface area contributed by atoms with Crippen LogP contribution >= 0.6 is 12.6 Å². The number of nitrogens with one attached hydrogen (secondary N) is 2. The van der Waals surface area contributed by atoms with Crippen molar-refractivity contribution in [2.75, 3.05) is 5.75 Å². The predicted molar refractivity (Wildman–Crippen MR) is 137 cm³/mol. The van der Waals surface area contributed by atoms with E-state index in [4.69, 9.17) is 4.74 Å². The molecule has 0 saturated heterocycles. The maximum Gasteiger partial charge on any atom is 0.408 e. The third-order valence-corrected chi connectivity index (χ3v) is 6.97. The van der Waals surface area contributed by atoms with Crippen molar-refractivity contribution >= 4 is 30.5 Å². The van der Waals surface area contributed by atoms with Gasteiger partial charge in [-0.05, 0) is 58.9 Å². The first-order chi connectivity index (χ1) is 16.6. The van der Waals surface area contributed by atoms with Crippen molar-refractivity contribution in [1.29, 1.82) is 0 Å². The largest absolute Gasteiger partial charge is 0.508 e. The molecule has 0 aliphatic heterocycles. The molecule has 35 heavy (non-hydrogen) atoms. The minimum atomic E-state index is -1.02. The van der Waals surface area contributed by atoms with Crippen LogP contribution in [0.3, 0.4) is 0 Å². The molecule has 3 N–H and O–H groups in total. The minimum Gasteiger partial charge on any atom is -0.508 e. The summed E-state index contributed by atoms with van der Waals surface area (Å²) in [7, 11) is 0. The van der Waals surface area contributed by atoms with Gasteiger partial charge in [-0.25, -0.2) is 4.79 Å². The molecule has 3 rings (SSSR count). The van der Waals surface area contributed by atoms with E-state index < -0.39 is 29.7 Å². The van der Waals surface area contributed by atoms with Crippen LogP contribution in [-0.2, 0) is 14.3 Å². The number of alkyl carbamates (subject to hydrolysis) is 1. The first-order valence-electron chi connectivity index (χ1n) is 12.6. The van der Waals surface area contributed by atoms with E-state index in [1.165, 1.54) is 6.07 Å². The third-order valence-electron chi connectivity index (χ3n) is 6.60. The van der Waals surface area contributed by atoms with Gasteiger partial charge in [0.25, 0.3) is 0 Å². The molecule has 9 heteroatoms. The molecule has 1 aromatic rings. The number of rotatable bonds is 8. The number of ether oxygens (including phenoxy) is 1. The zero-order valence-electron chi connectivity index (χ0n) is 21.0. The van der Waals surface area contributed by atoms with E-state index in [0.29, 0.717) is 5.56 Å². The van der Waals surface area contributed by atoms with Crippen LogP contribution in [0, 0.1) is 0 Å². The van der Waals surface area contributed by atoms with E-state index >= 15 is 0 Å². The molecular formula is C26H39N3O5S. The van der Waals surface area contributed by atoms with Crippen molar-refractivity contribution < 1.29 is 24.2 Å². The third kappa shape index (κ3) is 7.29. The fourth-order valence-corrected chi connectivity index (χ4v) is 4.91. The van der Waals surface area contributed by atoms with Crippen LogP contribution in [0.5, 0.6) is 5.75 Å². The Labute approximate surface area is 213 Å². The predicted octanol–water partition coefficient (Wildman–Crippen LogP) is 4.09. The van der Waals surface area contributed by atoms with Gasteiger partial charge in [-0.1, -0.05) is 37.5 Å². The zero-order chi connectivity index (χ0) is 25.6. The number of thiol groups is 1. The molecule has 2 aliphatic carbocycles. The average Bonchev–Trinajstić information content (AvgIpc) is 2.76. The molecule has 8 nitrogen and oxygen atoms in total. The van der Waals surface area contributed by atoms with Gasteiger partial charge in [-0.3, -0.25) is 9.59 Å². The van der Waals surface area contributed by atoms with Crippen molar-refractivity contribution in [3.8, 4) is 5.75 Å². The van der Waals surface area contributed by atoms with Gasteiger partial charge in [0.15, 0.2) is 0 Å². The summed E-state index contributed by atoms with van der Waals surface area (Å²) in [4.78, 5) is 41.6. The summed E-state index contributed by atoms with van der Waals surface area (Å²) in [6.07, 6.45) is 6.78. The van der Waals surface area contributed by atoms with Crippen molar-refractivity contribution in [3.05, 3.63) is 29.8 Å². The standard InChI is InChI=1S/C26H39N3O5S/c1-26(2,3)34-25(33)28-20(16-35)24(32)29(18-12-9-13-18)22(19-14-7-8-15-21(19)30)23(31)27-17-10-5-4-6-11-17/h7-8,14-15,17-18,20,22,30,35H,4-6,9-13,16H2,1-3H3,(H,27,31)(H,28,33). The van der Waals surface area contributed by atoms with E-state index in [2.05, 4.69) is 23.3 Å². The minimum absolute atomic E-state index is 0.0407. The molecule has 0 aromatic heterocycles. The summed E-state index contributed by atoms with van der Waals surface area (Å²) < 4.78 is 5.34. The van der Waals surface area contributed by atoms with E-state index in [1.54, 1.807) is 43.9 Å². The van der Waals surface area contributed by atoms with E-state index in [1.807, 2.05) is 0 Å². The number of carbonyl (C=O) groups is 3. The Morgan fingerprint density at radius 1 is 1.09 bits per heavy atom. The van der Waals surface area contributed by atoms with E-state index in [0.717, 1.165) is 51.4 Å². The molecule has 0 heterocycles. The Hall–Kier alpha value is -2.42.